The van der Waals surface area contributed by atoms with E-state index < -0.39 is 10.9 Å². The number of nitro groups is 1. The summed E-state index contributed by atoms with van der Waals surface area (Å²) < 4.78 is 6.78. The molecule has 0 bridgehead atoms. The summed E-state index contributed by atoms with van der Waals surface area (Å²) in [6.45, 7) is 8.00. The first-order chi connectivity index (χ1) is 10.9. The third kappa shape index (κ3) is 5.57. The number of carbonyl (C=O) groups excluding carboxylic acids is 1. The molecule has 2 heterocycles. The van der Waals surface area contributed by atoms with Gasteiger partial charge in [0.25, 0.3) is 0 Å². The molecule has 1 aromatic rings. The fourth-order valence-electron chi connectivity index (χ4n) is 2.46. The van der Waals surface area contributed by atoms with Gasteiger partial charge in [-0.25, -0.2) is 0 Å². The van der Waals surface area contributed by atoms with Crippen LogP contribution < -0.4 is 5.32 Å². The predicted molar refractivity (Wildman–Crippen MR) is 80.7 cm³/mol. The Balaban J connectivity index is 1.74. The van der Waals surface area contributed by atoms with E-state index in [2.05, 4.69) is 34.1 Å². The van der Waals surface area contributed by atoms with Gasteiger partial charge in [0.15, 0.2) is 0 Å². The lowest BCUT2D eigenvalue weighted by molar-refractivity contribution is -0.394. The highest BCUT2D eigenvalue weighted by atomic mass is 16.6. The van der Waals surface area contributed by atoms with Crippen LogP contribution in [0.25, 0.3) is 0 Å². The van der Waals surface area contributed by atoms with Crippen LogP contribution in [0.15, 0.2) is 6.33 Å². The molecule has 1 amide bonds. The van der Waals surface area contributed by atoms with Gasteiger partial charge >= 0.3 is 5.95 Å². The molecule has 1 fully saturated rings. The molecular weight excluding hydrogens is 304 g/mol. The van der Waals surface area contributed by atoms with Gasteiger partial charge < -0.3 is 20.2 Å². The summed E-state index contributed by atoms with van der Waals surface area (Å²) in [6, 6.07) is 0. The molecule has 1 atom stereocenters. The second kappa shape index (κ2) is 7.97. The van der Waals surface area contributed by atoms with Crippen molar-refractivity contribution in [2.45, 2.75) is 26.5 Å². The van der Waals surface area contributed by atoms with Crippen molar-refractivity contribution >= 4 is 11.9 Å². The van der Waals surface area contributed by atoms with Crippen LogP contribution in [-0.2, 0) is 16.1 Å². The lowest BCUT2D eigenvalue weighted by atomic mass is 10.2. The highest BCUT2D eigenvalue weighted by Gasteiger charge is 2.22. The fourth-order valence-corrected chi connectivity index (χ4v) is 2.46. The highest BCUT2D eigenvalue weighted by molar-refractivity contribution is 5.75. The summed E-state index contributed by atoms with van der Waals surface area (Å²) in [7, 11) is 0. The zero-order valence-electron chi connectivity index (χ0n) is 13.3. The third-order valence-corrected chi connectivity index (χ3v) is 3.37. The maximum absolute atomic E-state index is 11.9. The van der Waals surface area contributed by atoms with E-state index in [1.807, 2.05) is 0 Å². The van der Waals surface area contributed by atoms with E-state index in [-0.39, 0.29) is 18.6 Å². The molecule has 1 aromatic heterocycles. The molecular formula is C13H22N6O4. The zero-order chi connectivity index (χ0) is 16.8. The van der Waals surface area contributed by atoms with Crippen molar-refractivity contribution in [2.75, 3.05) is 32.8 Å². The van der Waals surface area contributed by atoms with Crippen molar-refractivity contribution in [1.29, 1.82) is 0 Å². The van der Waals surface area contributed by atoms with Crippen molar-refractivity contribution in [3.63, 3.8) is 0 Å². The SMILES string of the molecule is CC(C)CN1CCOC(CNC(=O)Cn2cnc([N+](=O)[O-])n2)C1. The number of amides is 1. The summed E-state index contributed by atoms with van der Waals surface area (Å²) in [4.78, 5) is 27.5. The number of ether oxygens (including phenoxy) is 1. The molecule has 10 heteroatoms. The Labute approximate surface area is 134 Å². The predicted octanol–water partition coefficient (Wildman–Crippen LogP) is -0.341. The molecule has 0 spiro atoms. The number of hydrogen-bond donors (Lipinski definition) is 1. The van der Waals surface area contributed by atoms with Gasteiger partial charge in [0.2, 0.25) is 12.2 Å². The van der Waals surface area contributed by atoms with Gasteiger partial charge in [-0.15, -0.1) is 0 Å². The average molecular weight is 326 g/mol. The number of hydrogen-bond acceptors (Lipinski definition) is 7. The Morgan fingerprint density at radius 2 is 2.39 bits per heavy atom. The summed E-state index contributed by atoms with van der Waals surface area (Å²) >= 11 is 0. The molecule has 1 aliphatic rings. The summed E-state index contributed by atoms with van der Waals surface area (Å²) in [5, 5.41) is 16.8. The normalized spacial score (nSPS) is 19.0. The molecule has 1 aliphatic heterocycles. The maximum Gasteiger partial charge on any atom is 0.490 e. The van der Waals surface area contributed by atoms with E-state index in [9.17, 15) is 14.9 Å². The minimum atomic E-state index is -0.701. The molecule has 0 aliphatic carbocycles. The van der Waals surface area contributed by atoms with Crippen LogP contribution in [0.5, 0.6) is 0 Å². The van der Waals surface area contributed by atoms with Gasteiger partial charge in [-0.1, -0.05) is 18.8 Å². The molecule has 1 saturated heterocycles. The number of morpholine rings is 1. The van der Waals surface area contributed by atoms with Crippen molar-refractivity contribution in [2.24, 2.45) is 5.92 Å². The summed E-state index contributed by atoms with van der Waals surface area (Å²) in [6.07, 6.45) is 1.12. The van der Waals surface area contributed by atoms with Crippen LogP contribution in [-0.4, -0.2) is 69.4 Å². The monoisotopic (exact) mass is 326 g/mol. The molecule has 2 rings (SSSR count). The van der Waals surface area contributed by atoms with E-state index in [0.717, 1.165) is 24.3 Å². The first-order valence-electron chi connectivity index (χ1n) is 7.58. The number of aromatic nitrogens is 3. The Bertz CT molecular complexity index is 546. The third-order valence-electron chi connectivity index (χ3n) is 3.37. The Hall–Kier alpha value is -2.07. The van der Waals surface area contributed by atoms with Crippen LogP contribution in [0.3, 0.4) is 0 Å². The minimum Gasteiger partial charge on any atom is -0.390 e. The number of rotatable bonds is 7. The Kier molecular flexibility index (Phi) is 5.99. The van der Waals surface area contributed by atoms with Gasteiger partial charge in [0.05, 0.1) is 12.7 Å². The standard InChI is InChI=1S/C13H22N6O4/c1-10(2)6-17-3-4-23-11(7-17)5-14-12(20)8-18-9-15-13(16-18)19(21)22/h9-11H,3-8H2,1-2H3,(H,14,20). The van der Waals surface area contributed by atoms with Crippen LogP contribution in [0.2, 0.25) is 0 Å². The number of carbonyl (C=O) groups is 1. The van der Waals surface area contributed by atoms with Crippen LogP contribution in [0.1, 0.15) is 13.8 Å². The van der Waals surface area contributed by atoms with Gasteiger partial charge in [-0.2, -0.15) is 4.68 Å². The topological polar surface area (TPSA) is 115 Å². The lowest BCUT2D eigenvalue weighted by Crippen LogP contribution is -2.48. The summed E-state index contributed by atoms with van der Waals surface area (Å²) in [5.74, 6) is -0.210. The minimum absolute atomic E-state index is 0.0449. The molecule has 0 radical (unpaired) electrons. The van der Waals surface area contributed by atoms with Crippen molar-refractivity contribution in [1.82, 2.24) is 25.0 Å². The largest absolute Gasteiger partial charge is 0.490 e. The number of nitrogens with one attached hydrogen (secondary N) is 1. The van der Waals surface area contributed by atoms with E-state index in [1.54, 1.807) is 0 Å². The summed E-state index contributed by atoms with van der Waals surface area (Å²) in [5.41, 5.74) is 0. The van der Waals surface area contributed by atoms with Gasteiger partial charge in [0.1, 0.15) is 6.54 Å². The molecule has 128 valence electrons. The molecule has 1 N–H and O–H groups in total. The molecule has 10 nitrogen and oxygen atoms in total. The second-order valence-electron chi connectivity index (χ2n) is 5.95. The van der Waals surface area contributed by atoms with E-state index in [4.69, 9.17) is 4.74 Å². The van der Waals surface area contributed by atoms with Crippen LogP contribution in [0, 0.1) is 16.0 Å². The van der Waals surface area contributed by atoms with Crippen molar-refractivity contribution in [3.8, 4) is 0 Å². The quantitative estimate of drug-likeness (QED) is 0.538. The molecule has 0 saturated carbocycles. The second-order valence-corrected chi connectivity index (χ2v) is 5.95. The molecule has 0 aromatic carbocycles. The van der Waals surface area contributed by atoms with Crippen LogP contribution in [0.4, 0.5) is 5.95 Å². The number of nitrogens with zero attached hydrogens (tertiary/aromatic N) is 5. The smallest absolute Gasteiger partial charge is 0.390 e. The van der Waals surface area contributed by atoms with Crippen LogP contribution >= 0.6 is 0 Å². The molecule has 1 unspecified atom stereocenters. The lowest BCUT2D eigenvalue weighted by Gasteiger charge is -2.33. The van der Waals surface area contributed by atoms with Gasteiger partial charge in [-0.3, -0.25) is 9.69 Å². The first-order valence-corrected chi connectivity index (χ1v) is 7.58. The van der Waals surface area contributed by atoms with Crippen molar-refractivity contribution < 1.29 is 14.5 Å². The van der Waals surface area contributed by atoms with E-state index >= 15 is 0 Å². The highest BCUT2D eigenvalue weighted by Crippen LogP contribution is 2.07. The Morgan fingerprint density at radius 3 is 3.04 bits per heavy atom. The van der Waals surface area contributed by atoms with E-state index in [0.29, 0.717) is 19.1 Å². The van der Waals surface area contributed by atoms with Crippen molar-refractivity contribution in [3.05, 3.63) is 16.4 Å². The average Bonchev–Trinajstić information content (AvgIpc) is 2.93. The first kappa shape index (κ1) is 17.3. The Morgan fingerprint density at radius 1 is 1.61 bits per heavy atom. The van der Waals surface area contributed by atoms with Gasteiger partial charge in [0, 0.05) is 31.3 Å². The molecule has 23 heavy (non-hydrogen) atoms. The fraction of sp³-hybridized carbons (Fsp3) is 0.769. The zero-order valence-corrected chi connectivity index (χ0v) is 13.3. The van der Waals surface area contributed by atoms with E-state index in [1.165, 1.54) is 6.33 Å². The maximum atomic E-state index is 11.9. The van der Waals surface area contributed by atoms with Gasteiger partial charge in [-0.05, 0) is 10.8 Å².